The van der Waals surface area contributed by atoms with Crippen LogP contribution >= 0.6 is 11.8 Å². The Balaban J connectivity index is 2.89. The summed E-state index contributed by atoms with van der Waals surface area (Å²) in [5.74, 6) is -1.57. The van der Waals surface area contributed by atoms with Crippen molar-refractivity contribution in [2.75, 3.05) is 12.0 Å². The lowest BCUT2D eigenvalue weighted by molar-refractivity contribution is -0.140. The fourth-order valence-electron chi connectivity index (χ4n) is 1.59. The van der Waals surface area contributed by atoms with E-state index in [1.54, 1.807) is 18.7 Å². The highest BCUT2D eigenvalue weighted by atomic mass is 32.2. The van der Waals surface area contributed by atoms with E-state index in [4.69, 9.17) is 0 Å². The predicted molar refractivity (Wildman–Crippen MR) is 71.3 cm³/mol. The predicted octanol–water partition coefficient (Wildman–Crippen LogP) is 3.72. The van der Waals surface area contributed by atoms with Crippen molar-refractivity contribution in [2.45, 2.75) is 25.6 Å². The van der Waals surface area contributed by atoms with Gasteiger partial charge in [-0.1, -0.05) is 6.07 Å². The number of amides is 1. The number of carbonyl (C=O) groups is 1. The van der Waals surface area contributed by atoms with Gasteiger partial charge in [-0.05, 0) is 37.5 Å². The number of halogens is 4. The van der Waals surface area contributed by atoms with Crippen LogP contribution in [-0.2, 0) is 6.18 Å². The molecule has 7 heteroatoms. The monoisotopic (exact) mass is 309 g/mol. The summed E-state index contributed by atoms with van der Waals surface area (Å²) >= 11 is 1.59. The van der Waals surface area contributed by atoms with Crippen molar-refractivity contribution in [1.82, 2.24) is 5.32 Å². The Labute approximate surface area is 118 Å². The van der Waals surface area contributed by atoms with Gasteiger partial charge in [0.05, 0.1) is 11.1 Å². The summed E-state index contributed by atoms with van der Waals surface area (Å²) < 4.78 is 51.4. The van der Waals surface area contributed by atoms with Crippen molar-refractivity contribution in [3.63, 3.8) is 0 Å². The summed E-state index contributed by atoms with van der Waals surface area (Å²) in [4.78, 5) is 11.8. The minimum absolute atomic E-state index is 0.233. The van der Waals surface area contributed by atoms with Gasteiger partial charge in [-0.2, -0.15) is 24.9 Å². The van der Waals surface area contributed by atoms with Crippen molar-refractivity contribution in [1.29, 1.82) is 0 Å². The molecule has 0 saturated heterocycles. The molecule has 0 aliphatic rings. The van der Waals surface area contributed by atoms with E-state index < -0.39 is 29.0 Å². The van der Waals surface area contributed by atoms with Gasteiger partial charge in [-0.25, -0.2) is 4.39 Å². The first-order valence-corrected chi connectivity index (χ1v) is 7.32. The summed E-state index contributed by atoms with van der Waals surface area (Å²) in [7, 11) is 0. The average Bonchev–Trinajstić information content (AvgIpc) is 2.35. The molecule has 1 unspecified atom stereocenters. The third-order valence-corrected chi connectivity index (χ3v) is 3.33. The molecule has 2 nitrogen and oxygen atoms in total. The Morgan fingerprint density at radius 2 is 2.05 bits per heavy atom. The Morgan fingerprint density at radius 3 is 2.60 bits per heavy atom. The molecule has 0 fully saturated rings. The maximum atomic E-state index is 13.7. The molecule has 0 aromatic heterocycles. The Morgan fingerprint density at radius 1 is 1.40 bits per heavy atom. The standard InChI is InChI=1S/C13H15F4NOS/c1-8(6-7-20-2)18-12(19)9-4-3-5-10(11(9)14)13(15,16)17/h3-5,8H,6-7H2,1-2H3,(H,18,19). The largest absolute Gasteiger partial charge is 0.419 e. The van der Waals surface area contributed by atoms with Crippen molar-refractivity contribution < 1.29 is 22.4 Å². The van der Waals surface area contributed by atoms with Gasteiger partial charge in [0.15, 0.2) is 0 Å². The summed E-state index contributed by atoms with van der Waals surface area (Å²) in [6.07, 6.45) is -2.25. The van der Waals surface area contributed by atoms with Crippen LogP contribution in [0.4, 0.5) is 17.6 Å². The van der Waals surface area contributed by atoms with Gasteiger partial charge < -0.3 is 5.32 Å². The van der Waals surface area contributed by atoms with Gasteiger partial charge in [-0.3, -0.25) is 4.79 Å². The van der Waals surface area contributed by atoms with Gasteiger partial charge in [0.25, 0.3) is 5.91 Å². The van der Waals surface area contributed by atoms with E-state index in [0.717, 1.165) is 17.9 Å². The molecule has 0 bridgehead atoms. The zero-order valence-corrected chi connectivity index (χ0v) is 11.9. The molecule has 0 aliphatic carbocycles. The fraction of sp³-hybridized carbons (Fsp3) is 0.462. The zero-order valence-electron chi connectivity index (χ0n) is 11.1. The lowest BCUT2D eigenvalue weighted by Gasteiger charge is -2.15. The number of hydrogen-bond acceptors (Lipinski definition) is 2. The second-order valence-corrected chi connectivity index (χ2v) is 5.31. The first-order valence-electron chi connectivity index (χ1n) is 5.93. The molecule has 1 N–H and O–H groups in total. The Kier molecular flexibility index (Phi) is 5.86. The van der Waals surface area contributed by atoms with Crippen molar-refractivity contribution in [2.24, 2.45) is 0 Å². The fourth-order valence-corrected chi connectivity index (χ4v) is 2.18. The maximum Gasteiger partial charge on any atom is 0.419 e. The summed E-state index contributed by atoms with van der Waals surface area (Å²) in [5.41, 5.74) is -2.02. The second-order valence-electron chi connectivity index (χ2n) is 4.32. The number of carbonyl (C=O) groups excluding carboxylic acids is 1. The van der Waals surface area contributed by atoms with Crippen molar-refractivity contribution in [3.05, 3.63) is 35.1 Å². The van der Waals surface area contributed by atoms with Crippen LogP contribution in [0.1, 0.15) is 29.3 Å². The van der Waals surface area contributed by atoms with E-state index in [2.05, 4.69) is 5.32 Å². The normalized spacial score (nSPS) is 13.1. The maximum absolute atomic E-state index is 13.7. The minimum Gasteiger partial charge on any atom is -0.349 e. The van der Waals surface area contributed by atoms with E-state index in [9.17, 15) is 22.4 Å². The van der Waals surface area contributed by atoms with Crippen molar-refractivity contribution >= 4 is 17.7 Å². The molecule has 1 aromatic carbocycles. The van der Waals surface area contributed by atoms with Gasteiger partial charge >= 0.3 is 6.18 Å². The van der Waals surface area contributed by atoms with Crippen LogP contribution in [0, 0.1) is 5.82 Å². The van der Waals surface area contributed by atoms with Crippen LogP contribution < -0.4 is 5.32 Å². The molecule has 0 spiro atoms. The highest BCUT2D eigenvalue weighted by Crippen LogP contribution is 2.32. The molecule has 0 saturated carbocycles. The molecule has 0 aliphatic heterocycles. The molecule has 20 heavy (non-hydrogen) atoms. The molecule has 1 rings (SSSR count). The van der Waals surface area contributed by atoms with Gasteiger partial charge in [0, 0.05) is 6.04 Å². The molecule has 1 amide bonds. The molecule has 0 radical (unpaired) electrons. The Hall–Kier alpha value is -1.24. The van der Waals surface area contributed by atoms with E-state index in [1.165, 1.54) is 0 Å². The first kappa shape index (κ1) is 16.8. The number of nitrogens with one attached hydrogen (secondary N) is 1. The molecule has 0 heterocycles. The highest BCUT2D eigenvalue weighted by molar-refractivity contribution is 7.98. The zero-order chi connectivity index (χ0) is 15.3. The quantitative estimate of drug-likeness (QED) is 0.840. The molecule has 1 atom stereocenters. The van der Waals surface area contributed by atoms with E-state index in [-0.39, 0.29) is 6.04 Å². The van der Waals surface area contributed by atoms with Gasteiger partial charge in [0.1, 0.15) is 5.82 Å². The Bertz CT molecular complexity index is 476. The number of benzene rings is 1. The van der Waals surface area contributed by atoms with Gasteiger partial charge in [-0.15, -0.1) is 0 Å². The van der Waals surface area contributed by atoms with E-state index in [0.29, 0.717) is 12.5 Å². The van der Waals surface area contributed by atoms with Crippen LogP contribution in [0.25, 0.3) is 0 Å². The van der Waals surface area contributed by atoms with E-state index >= 15 is 0 Å². The number of thioether (sulfide) groups is 1. The average molecular weight is 309 g/mol. The van der Waals surface area contributed by atoms with Gasteiger partial charge in [0.2, 0.25) is 0 Å². The smallest absolute Gasteiger partial charge is 0.349 e. The number of hydrogen-bond donors (Lipinski definition) is 1. The molecular formula is C13H15F4NOS. The summed E-state index contributed by atoms with van der Waals surface area (Å²) in [6.45, 7) is 1.72. The SMILES string of the molecule is CSCCC(C)NC(=O)c1cccc(C(F)(F)F)c1F. The third-order valence-electron chi connectivity index (χ3n) is 2.68. The highest BCUT2D eigenvalue weighted by Gasteiger charge is 2.35. The minimum atomic E-state index is -4.81. The van der Waals surface area contributed by atoms with E-state index in [1.807, 2.05) is 6.26 Å². The topological polar surface area (TPSA) is 29.1 Å². The van der Waals surface area contributed by atoms with Crippen LogP contribution in [-0.4, -0.2) is 24.0 Å². The molecule has 112 valence electrons. The summed E-state index contributed by atoms with van der Waals surface area (Å²) in [5, 5.41) is 2.49. The first-order chi connectivity index (χ1) is 9.27. The lowest BCUT2D eigenvalue weighted by atomic mass is 10.1. The summed E-state index contributed by atoms with van der Waals surface area (Å²) in [6, 6.07) is 2.45. The van der Waals surface area contributed by atoms with Crippen molar-refractivity contribution in [3.8, 4) is 0 Å². The number of rotatable bonds is 5. The van der Waals surface area contributed by atoms with Crippen LogP contribution in [0.5, 0.6) is 0 Å². The molecule has 1 aromatic rings. The van der Waals surface area contributed by atoms with Crippen LogP contribution in [0.2, 0.25) is 0 Å². The number of alkyl halides is 3. The third kappa shape index (κ3) is 4.40. The van der Waals surface area contributed by atoms with Crippen LogP contribution in [0.15, 0.2) is 18.2 Å². The lowest BCUT2D eigenvalue weighted by Crippen LogP contribution is -2.33. The second kappa shape index (κ2) is 6.97. The van der Waals surface area contributed by atoms with Crippen LogP contribution in [0.3, 0.4) is 0 Å². The molecular weight excluding hydrogens is 294 g/mol.